The zero-order valence-electron chi connectivity index (χ0n) is 11.9. The fraction of sp³-hybridized carbons (Fsp3) is 0.571. The molecule has 1 aromatic heterocycles. The summed E-state index contributed by atoms with van der Waals surface area (Å²) in [6, 6.07) is 1.92. The molecule has 104 valence electrons. The highest BCUT2D eigenvalue weighted by atomic mass is 32.2. The fourth-order valence-corrected chi connectivity index (χ4v) is 3.78. The first-order valence-corrected chi connectivity index (χ1v) is 7.54. The molecule has 0 aromatic carbocycles. The second-order valence-corrected chi connectivity index (χ2v) is 6.97. The Morgan fingerprint density at radius 2 is 2.05 bits per heavy atom. The van der Waals surface area contributed by atoms with Gasteiger partial charge in [0.25, 0.3) is 5.91 Å². The third-order valence-corrected chi connectivity index (χ3v) is 4.47. The highest BCUT2D eigenvalue weighted by Gasteiger charge is 2.27. The third kappa shape index (κ3) is 3.21. The minimum atomic E-state index is 0.0795. The summed E-state index contributed by atoms with van der Waals surface area (Å²) < 4.78 is 0. The van der Waals surface area contributed by atoms with Crippen molar-refractivity contribution in [3.8, 4) is 0 Å². The number of pyridine rings is 1. The van der Waals surface area contributed by atoms with Crippen molar-refractivity contribution < 1.29 is 4.79 Å². The average Bonchev–Trinajstić information content (AvgIpc) is 2.36. The molecule has 0 bridgehead atoms. The van der Waals surface area contributed by atoms with Crippen LogP contribution in [0.4, 0.5) is 5.69 Å². The molecule has 0 spiro atoms. The molecule has 1 N–H and O–H groups in total. The topological polar surface area (TPSA) is 45.2 Å². The van der Waals surface area contributed by atoms with Crippen molar-refractivity contribution in [3.63, 3.8) is 0 Å². The van der Waals surface area contributed by atoms with E-state index < -0.39 is 0 Å². The molecule has 1 saturated heterocycles. The highest BCUT2D eigenvalue weighted by molar-refractivity contribution is 8.00. The second-order valence-electron chi connectivity index (χ2n) is 5.09. The van der Waals surface area contributed by atoms with E-state index in [-0.39, 0.29) is 5.91 Å². The Balaban J connectivity index is 2.24. The minimum absolute atomic E-state index is 0.0795. The molecule has 19 heavy (non-hydrogen) atoms. The minimum Gasteiger partial charge on any atom is -0.387 e. The summed E-state index contributed by atoms with van der Waals surface area (Å²) in [5.74, 6) is 0.0795. The van der Waals surface area contributed by atoms with Crippen molar-refractivity contribution >= 4 is 23.4 Å². The van der Waals surface area contributed by atoms with Crippen LogP contribution >= 0.6 is 11.8 Å². The van der Waals surface area contributed by atoms with Gasteiger partial charge in [0.2, 0.25) is 0 Å². The number of aromatic nitrogens is 1. The maximum Gasteiger partial charge on any atom is 0.257 e. The van der Waals surface area contributed by atoms with Crippen LogP contribution in [0, 0.1) is 6.92 Å². The quantitative estimate of drug-likeness (QED) is 0.903. The molecule has 0 radical (unpaired) electrons. The Kier molecular flexibility index (Phi) is 4.34. The lowest BCUT2D eigenvalue weighted by Gasteiger charge is -2.34. The standard InChI is InChI=1S/C14H21N3OS/c1-9-5-13(15-4)12(6-16-9)14(18)17-7-10(2)19-11(3)8-17/h5-6,10-11H,7-8H2,1-4H3,(H,15,16). The average molecular weight is 279 g/mol. The van der Waals surface area contributed by atoms with Gasteiger partial charge in [-0.2, -0.15) is 11.8 Å². The number of amides is 1. The summed E-state index contributed by atoms with van der Waals surface area (Å²) in [5.41, 5.74) is 2.44. The van der Waals surface area contributed by atoms with Crippen LogP contribution < -0.4 is 5.32 Å². The maximum absolute atomic E-state index is 12.6. The number of rotatable bonds is 2. The lowest BCUT2D eigenvalue weighted by molar-refractivity contribution is 0.0754. The molecule has 0 saturated carbocycles. The van der Waals surface area contributed by atoms with Gasteiger partial charge in [-0.15, -0.1) is 0 Å². The molecule has 1 fully saturated rings. The molecule has 2 rings (SSSR count). The first kappa shape index (κ1) is 14.2. The number of nitrogens with one attached hydrogen (secondary N) is 1. The van der Waals surface area contributed by atoms with Gasteiger partial charge in [0.15, 0.2) is 0 Å². The van der Waals surface area contributed by atoms with Crippen LogP contribution in [0.1, 0.15) is 29.9 Å². The van der Waals surface area contributed by atoms with Crippen LogP contribution in [0.3, 0.4) is 0 Å². The van der Waals surface area contributed by atoms with E-state index in [1.807, 2.05) is 36.7 Å². The molecule has 1 aromatic rings. The normalized spacial score (nSPS) is 23.3. The lowest BCUT2D eigenvalue weighted by Crippen LogP contribution is -2.44. The van der Waals surface area contributed by atoms with Crippen LogP contribution in [0.25, 0.3) is 0 Å². The van der Waals surface area contributed by atoms with Gasteiger partial charge in [0, 0.05) is 42.5 Å². The predicted molar refractivity (Wildman–Crippen MR) is 80.9 cm³/mol. The largest absolute Gasteiger partial charge is 0.387 e. The molecule has 1 aliphatic heterocycles. The van der Waals surface area contributed by atoms with Gasteiger partial charge in [-0.25, -0.2) is 0 Å². The Morgan fingerprint density at radius 3 is 2.63 bits per heavy atom. The van der Waals surface area contributed by atoms with Crippen LogP contribution in [0.5, 0.6) is 0 Å². The lowest BCUT2D eigenvalue weighted by atomic mass is 10.1. The number of aryl methyl sites for hydroxylation is 1. The number of hydrogen-bond donors (Lipinski definition) is 1. The Labute approximate surface area is 119 Å². The molecule has 2 unspecified atom stereocenters. The molecule has 4 nitrogen and oxygen atoms in total. The van der Waals surface area contributed by atoms with Gasteiger partial charge >= 0.3 is 0 Å². The van der Waals surface area contributed by atoms with Crippen molar-refractivity contribution in [1.29, 1.82) is 0 Å². The van der Waals surface area contributed by atoms with E-state index in [2.05, 4.69) is 24.1 Å². The monoisotopic (exact) mass is 279 g/mol. The molecule has 0 aliphatic carbocycles. The van der Waals surface area contributed by atoms with Crippen LogP contribution in [0.2, 0.25) is 0 Å². The summed E-state index contributed by atoms with van der Waals surface area (Å²) in [7, 11) is 1.84. The number of anilines is 1. The zero-order valence-corrected chi connectivity index (χ0v) is 12.8. The number of nitrogens with zero attached hydrogens (tertiary/aromatic N) is 2. The molecule has 2 atom stereocenters. The number of thioether (sulfide) groups is 1. The van der Waals surface area contributed by atoms with E-state index in [1.165, 1.54) is 0 Å². The van der Waals surface area contributed by atoms with Gasteiger partial charge in [0.05, 0.1) is 11.3 Å². The second kappa shape index (κ2) is 5.82. The van der Waals surface area contributed by atoms with Crippen molar-refractivity contribution in [2.45, 2.75) is 31.3 Å². The van der Waals surface area contributed by atoms with E-state index in [9.17, 15) is 4.79 Å². The summed E-state index contributed by atoms with van der Waals surface area (Å²) in [4.78, 5) is 18.8. The maximum atomic E-state index is 12.6. The Morgan fingerprint density at radius 1 is 1.42 bits per heavy atom. The van der Waals surface area contributed by atoms with Crippen molar-refractivity contribution in [3.05, 3.63) is 23.5 Å². The first-order valence-electron chi connectivity index (χ1n) is 6.60. The smallest absolute Gasteiger partial charge is 0.257 e. The van der Waals surface area contributed by atoms with Crippen LogP contribution in [-0.4, -0.2) is 46.4 Å². The molecule has 1 aliphatic rings. The zero-order chi connectivity index (χ0) is 14.0. The van der Waals surface area contributed by atoms with Gasteiger partial charge in [-0.1, -0.05) is 13.8 Å². The van der Waals surface area contributed by atoms with E-state index in [1.54, 1.807) is 6.20 Å². The SMILES string of the molecule is CNc1cc(C)ncc1C(=O)N1CC(C)SC(C)C1. The van der Waals surface area contributed by atoms with Crippen molar-refractivity contribution in [1.82, 2.24) is 9.88 Å². The van der Waals surface area contributed by atoms with E-state index in [0.717, 1.165) is 24.5 Å². The predicted octanol–water partition coefficient (Wildman–Crippen LogP) is 2.40. The summed E-state index contributed by atoms with van der Waals surface area (Å²) in [5, 5.41) is 4.07. The number of carbonyl (C=O) groups excluding carboxylic acids is 1. The van der Waals surface area contributed by atoms with Crippen LogP contribution in [0.15, 0.2) is 12.3 Å². The number of carbonyl (C=O) groups is 1. The molecular weight excluding hydrogens is 258 g/mol. The summed E-state index contributed by atoms with van der Waals surface area (Å²) in [6.45, 7) is 7.90. The van der Waals surface area contributed by atoms with Crippen molar-refractivity contribution in [2.75, 3.05) is 25.5 Å². The van der Waals surface area contributed by atoms with Gasteiger partial charge in [-0.3, -0.25) is 9.78 Å². The van der Waals surface area contributed by atoms with E-state index >= 15 is 0 Å². The molecule has 2 heterocycles. The van der Waals surface area contributed by atoms with Gasteiger partial charge < -0.3 is 10.2 Å². The fourth-order valence-electron chi connectivity index (χ4n) is 2.45. The summed E-state index contributed by atoms with van der Waals surface area (Å²) >= 11 is 1.94. The van der Waals surface area contributed by atoms with Gasteiger partial charge in [0.1, 0.15) is 0 Å². The van der Waals surface area contributed by atoms with Gasteiger partial charge in [-0.05, 0) is 13.0 Å². The molecule has 1 amide bonds. The van der Waals surface area contributed by atoms with Crippen molar-refractivity contribution in [2.24, 2.45) is 0 Å². The number of hydrogen-bond acceptors (Lipinski definition) is 4. The Hall–Kier alpha value is -1.23. The van der Waals surface area contributed by atoms with E-state index in [0.29, 0.717) is 16.1 Å². The Bertz CT molecular complexity index is 468. The van der Waals surface area contributed by atoms with Crippen LogP contribution in [-0.2, 0) is 0 Å². The molecule has 5 heteroatoms. The summed E-state index contributed by atoms with van der Waals surface area (Å²) in [6.07, 6.45) is 1.68. The van der Waals surface area contributed by atoms with E-state index in [4.69, 9.17) is 0 Å². The third-order valence-electron chi connectivity index (χ3n) is 3.25. The first-order chi connectivity index (χ1) is 9.01. The highest BCUT2D eigenvalue weighted by Crippen LogP contribution is 2.27. The molecular formula is C14H21N3OS.